The van der Waals surface area contributed by atoms with E-state index in [-0.39, 0.29) is 53.8 Å². The predicted octanol–water partition coefficient (Wildman–Crippen LogP) is 14.5. The molecule has 0 atom stereocenters. The van der Waals surface area contributed by atoms with E-state index in [4.69, 9.17) is 19.7 Å². The summed E-state index contributed by atoms with van der Waals surface area (Å²) >= 11 is 0. The molecule has 0 saturated heterocycles. The Morgan fingerprint density at radius 2 is 0.707 bits per heavy atom. The molecule has 0 saturated carbocycles. The third-order valence-electron chi connectivity index (χ3n) is 13.4. The van der Waals surface area contributed by atoms with Gasteiger partial charge in [-0.2, -0.15) is 43.9 Å². The number of hydrogen-bond donors (Lipinski definition) is 0. The van der Waals surface area contributed by atoms with Gasteiger partial charge in [0, 0.05) is 111 Å². The number of aryl methyl sites for hydroxylation is 4. The van der Waals surface area contributed by atoms with Crippen molar-refractivity contribution in [3.05, 3.63) is 243 Å². The van der Waals surface area contributed by atoms with Crippen molar-refractivity contribution in [2.45, 2.75) is 0 Å². The molecule has 14 nitrogen and oxygen atoms in total. The molecule has 0 bridgehead atoms. The van der Waals surface area contributed by atoms with Crippen LogP contribution in [0.15, 0.2) is 207 Å². The molecule has 0 N–H and O–H groups in total. The molecule has 408 valence electrons. The van der Waals surface area contributed by atoms with Gasteiger partial charge in [-0.15, -0.1) is 70.9 Å². The van der Waals surface area contributed by atoms with E-state index in [1.807, 2.05) is 142 Å². The van der Waals surface area contributed by atoms with Gasteiger partial charge in [-0.25, -0.2) is 8.78 Å². The number of para-hydroxylation sites is 2. The van der Waals surface area contributed by atoms with E-state index in [1.54, 1.807) is 55.1 Å². The molecule has 0 aliphatic heterocycles. The Kier molecular flexibility index (Phi) is 15.3. The van der Waals surface area contributed by atoms with Crippen LogP contribution in [0.4, 0.5) is 43.2 Å². The van der Waals surface area contributed by atoms with Crippen LogP contribution >= 0.6 is 0 Å². The van der Waals surface area contributed by atoms with Crippen molar-refractivity contribution in [2.75, 3.05) is 9.80 Å². The van der Waals surface area contributed by atoms with Crippen molar-refractivity contribution in [1.29, 1.82) is 0 Å². The van der Waals surface area contributed by atoms with Gasteiger partial charge in [-0.1, -0.05) is 58.5 Å². The summed E-state index contributed by atoms with van der Waals surface area (Å²) < 4.78 is 50.6. The molecule has 18 heteroatoms. The second kappa shape index (κ2) is 23.0. The first-order valence-electron chi connectivity index (χ1n) is 25.5. The van der Waals surface area contributed by atoms with Crippen LogP contribution in [-0.2, 0) is 70.3 Å². The molecular weight excluding hydrogens is 1400 g/mol. The maximum atomic E-state index is 14.0. The van der Waals surface area contributed by atoms with Crippen LogP contribution in [0.3, 0.4) is 0 Å². The fraction of sp³-hybridized carbons (Fsp3) is 0.0625. The predicted molar refractivity (Wildman–Crippen MR) is 306 cm³/mol. The number of anilines is 6. The summed E-state index contributed by atoms with van der Waals surface area (Å²) in [5.74, 6) is 2.98. The summed E-state index contributed by atoms with van der Waals surface area (Å²) in [7, 11) is 7.47. The quantitative estimate of drug-likeness (QED) is 0.111. The van der Waals surface area contributed by atoms with Crippen LogP contribution in [0.1, 0.15) is 0 Å². The molecule has 82 heavy (non-hydrogen) atoms. The van der Waals surface area contributed by atoms with Crippen molar-refractivity contribution < 1.29 is 60.4 Å². The summed E-state index contributed by atoms with van der Waals surface area (Å²) in [6.45, 7) is 0. The monoisotopic (exact) mass is 1440 g/mol. The van der Waals surface area contributed by atoms with E-state index >= 15 is 0 Å². The summed E-state index contributed by atoms with van der Waals surface area (Å²) in [5, 5.41) is 21.3. The standard InChI is InChI=1S/C38H28FN7.C26H18FN5O2.2Pt/c1-42-23-21-37(40-42)44(28-9-5-3-6-10-28)31-17-19-35-33(25-31)34-26-32(18-20-36(34)46(35)30-15-13-27(39)14-16-30)45(29-11-7-4-8-12-29)38-22-24-43(2)41-38;1-30-13-11-25(28-30)33-19-7-9-23-21(15-19)22-16-20(34-26-12-14-31(2)29-26)8-10-24(22)32(23)18-5-3-17(27)4-6-18;;/h3-24H,1-2H3;3-14H,1-2H3;;/q2*-2;2*+2. The van der Waals surface area contributed by atoms with Gasteiger partial charge in [0.15, 0.2) is 11.6 Å². The molecule has 8 aromatic carbocycles. The number of fused-ring (bicyclic) bond motifs is 6. The third kappa shape index (κ3) is 10.7. The SMILES string of the molecule is Cn1ccc(N(c2[c-]c3c4[c-]c(N(c5ccccc5)c5ccn(C)n5)ccc4n(-c4ccc(F)cc4)c3cc2)c2ccccc2)n1.Cn1ccc(Oc2[c-]c3c4[c-]c(Oc5ccn(C)n5)ccc4n(-c4ccc(F)cc4)c3cc2)n1.[Pt+2].[Pt+2]. The smallest absolute Gasteiger partial charge is 0.459 e. The number of rotatable bonds is 12. The second-order valence-corrected chi connectivity index (χ2v) is 18.9. The average Bonchev–Trinajstić information content (AvgIpc) is 4.52. The molecule has 6 heterocycles. The number of halogens is 2. The molecule has 0 radical (unpaired) electrons. The van der Waals surface area contributed by atoms with Crippen molar-refractivity contribution in [3.8, 4) is 34.6 Å². The first-order valence-corrected chi connectivity index (χ1v) is 25.5. The van der Waals surface area contributed by atoms with Gasteiger partial charge >= 0.3 is 42.1 Å². The van der Waals surface area contributed by atoms with E-state index in [1.165, 1.54) is 24.3 Å². The average molecular weight is 1440 g/mol. The van der Waals surface area contributed by atoms with Crippen molar-refractivity contribution in [2.24, 2.45) is 28.2 Å². The van der Waals surface area contributed by atoms with Gasteiger partial charge in [0.05, 0.1) is 0 Å². The zero-order valence-corrected chi connectivity index (χ0v) is 48.7. The number of aromatic nitrogens is 10. The summed E-state index contributed by atoms with van der Waals surface area (Å²) in [6.07, 6.45) is 7.48. The fourth-order valence-corrected chi connectivity index (χ4v) is 9.88. The molecule has 0 aliphatic rings. The van der Waals surface area contributed by atoms with E-state index < -0.39 is 0 Å². The molecule has 0 unspecified atom stereocenters. The van der Waals surface area contributed by atoms with Crippen molar-refractivity contribution in [1.82, 2.24) is 48.3 Å². The Bertz CT molecular complexity index is 4290. The minimum Gasteiger partial charge on any atom is -0.459 e. The Morgan fingerprint density at radius 1 is 0.366 bits per heavy atom. The van der Waals surface area contributed by atoms with Crippen LogP contribution < -0.4 is 19.3 Å². The zero-order valence-electron chi connectivity index (χ0n) is 44.2. The Labute approximate surface area is 498 Å². The molecule has 14 rings (SSSR count). The minimum absolute atomic E-state index is 0. The maximum absolute atomic E-state index is 14.0. The number of hydrogen-bond acceptors (Lipinski definition) is 8. The summed E-state index contributed by atoms with van der Waals surface area (Å²) in [6, 6.07) is 70.8. The molecule has 0 fully saturated rings. The van der Waals surface area contributed by atoms with Crippen LogP contribution in [-0.4, -0.2) is 48.3 Å². The first kappa shape index (κ1) is 54.6. The molecule has 6 aromatic heterocycles. The Morgan fingerprint density at radius 3 is 1.05 bits per heavy atom. The van der Waals surface area contributed by atoms with Gasteiger partial charge in [0.1, 0.15) is 11.6 Å². The van der Waals surface area contributed by atoms with Crippen LogP contribution in [0.25, 0.3) is 55.0 Å². The first-order chi connectivity index (χ1) is 39.1. The van der Waals surface area contributed by atoms with Gasteiger partial charge in [-0.05, 0) is 84.2 Å². The summed E-state index contributed by atoms with van der Waals surface area (Å²) in [5.41, 5.74) is 8.87. The number of ether oxygens (including phenoxy) is 2. The molecule has 14 aromatic rings. The fourth-order valence-electron chi connectivity index (χ4n) is 9.88. The van der Waals surface area contributed by atoms with Crippen molar-refractivity contribution in [3.63, 3.8) is 0 Å². The molecular formula is C64H46F2N12O2Pt2. The Balaban J connectivity index is 0.000000175. The minimum atomic E-state index is -0.292. The van der Waals surface area contributed by atoms with E-state index in [0.717, 1.165) is 89.4 Å². The van der Waals surface area contributed by atoms with E-state index in [9.17, 15) is 8.78 Å². The molecule has 0 amide bonds. The number of nitrogens with zero attached hydrogens (tertiary/aromatic N) is 12. The van der Waals surface area contributed by atoms with Gasteiger partial charge in [0.25, 0.3) is 0 Å². The van der Waals surface area contributed by atoms with E-state index in [2.05, 4.69) is 85.2 Å². The van der Waals surface area contributed by atoms with Crippen LogP contribution in [0.2, 0.25) is 0 Å². The second-order valence-electron chi connectivity index (χ2n) is 18.9. The number of benzene rings is 8. The van der Waals surface area contributed by atoms with Gasteiger partial charge in [0.2, 0.25) is 11.8 Å². The Hall–Kier alpha value is -9.36. The third-order valence-corrected chi connectivity index (χ3v) is 13.4. The summed E-state index contributed by atoms with van der Waals surface area (Å²) in [4.78, 5) is 4.18. The van der Waals surface area contributed by atoms with Crippen LogP contribution in [0, 0.1) is 35.9 Å². The van der Waals surface area contributed by atoms with Gasteiger partial charge < -0.3 is 28.4 Å². The molecule has 0 aliphatic carbocycles. The van der Waals surface area contributed by atoms with Crippen molar-refractivity contribution >= 4 is 78.0 Å². The van der Waals surface area contributed by atoms with E-state index in [0.29, 0.717) is 23.3 Å². The largest absolute Gasteiger partial charge is 2.00 e. The molecule has 0 spiro atoms. The zero-order chi connectivity index (χ0) is 54.4. The van der Waals surface area contributed by atoms with Crippen LogP contribution in [0.5, 0.6) is 23.3 Å². The normalized spacial score (nSPS) is 11.1. The maximum Gasteiger partial charge on any atom is 2.00 e. The topological polar surface area (TPSA) is 106 Å². The van der Waals surface area contributed by atoms with Gasteiger partial charge in [-0.3, -0.25) is 18.7 Å².